The van der Waals surface area contributed by atoms with Crippen molar-refractivity contribution in [1.29, 1.82) is 5.41 Å². The van der Waals surface area contributed by atoms with Gasteiger partial charge in [-0.15, -0.1) is 0 Å². The molecule has 0 amide bonds. The highest BCUT2D eigenvalue weighted by Gasteiger charge is 2.04. The SMILES string of the molecule is N=c1oc(-c2ccc(Cl)c(Cl)c2)cs1. The highest BCUT2D eigenvalue weighted by Crippen LogP contribution is 2.28. The molecule has 0 radical (unpaired) electrons. The van der Waals surface area contributed by atoms with Gasteiger partial charge in [0.15, 0.2) is 0 Å². The molecule has 1 aromatic carbocycles. The molecule has 5 heteroatoms. The Bertz CT molecular complexity index is 518. The molecule has 0 saturated carbocycles. The minimum Gasteiger partial charge on any atom is -0.430 e. The van der Waals surface area contributed by atoms with Crippen LogP contribution in [0.2, 0.25) is 10.0 Å². The number of benzene rings is 1. The van der Waals surface area contributed by atoms with E-state index in [1.165, 1.54) is 11.3 Å². The zero-order valence-corrected chi connectivity index (χ0v) is 9.21. The Hall–Kier alpha value is -0.770. The molecule has 0 atom stereocenters. The summed E-state index contributed by atoms with van der Waals surface area (Å²) >= 11 is 12.9. The van der Waals surface area contributed by atoms with E-state index in [0.717, 1.165) is 5.56 Å². The highest BCUT2D eigenvalue weighted by atomic mass is 35.5. The van der Waals surface area contributed by atoms with Crippen molar-refractivity contribution in [2.45, 2.75) is 0 Å². The summed E-state index contributed by atoms with van der Waals surface area (Å²) in [5.41, 5.74) is 0.828. The van der Waals surface area contributed by atoms with Crippen molar-refractivity contribution in [2.75, 3.05) is 0 Å². The Morgan fingerprint density at radius 2 is 2.00 bits per heavy atom. The van der Waals surface area contributed by atoms with Gasteiger partial charge in [-0.3, -0.25) is 5.41 Å². The van der Waals surface area contributed by atoms with Crippen LogP contribution in [0.4, 0.5) is 0 Å². The van der Waals surface area contributed by atoms with Crippen molar-refractivity contribution in [2.24, 2.45) is 0 Å². The Morgan fingerprint density at radius 1 is 1.21 bits per heavy atom. The zero-order chi connectivity index (χ0) is 10.1. The molecule has 0 aliphatic rings. The lowest BCUT2D eigenvalue weighted by Crippen LogP contribution is -1.82. The van der Waals surface area contributed by atoms with Crippen molar-refractivity contribution < 1.29 is 4.42 Å². The summed E-state index contributed by atoms with van der Waals surface area (Å²) in [5.74, 6) is 0.638. The van der Waals surface area contributed by atoms with Crippen LogP contribution in [0.5, 0.6) is 0 Å². The molecule has 1 N–H and O–H groups in total. The van der Waals surface area contributed by atoms with Gasteiger partial charge in [0.1, 0.15) is 5.76 Å². The van der Waals surface area contributed by atoms with Gasteiger partial charge < -0.3 is 4.42 Å². The van der Waals surface area contributed by atoms with Gasteiger partial charge in [-0.25, -0.2) is 0 Å². The van der Waals surface area contributed by atoms with Gasteiger partial charge in [0.2, 0.25) is 0 Å². The van der Waals surface area contributed by atoms with E-state index in [-0.39, 0.29) is 4.87 Å². The molecule has 1 heterocycles. The van der Waals surface area contributed by atoms with Gasteiger partial charge in [-0.1, -0.05) is 34.5 Å². The van der Waals surface area contributed by atoms with Crippen LogP contribution >= 0.6 is 34.5 Å². The summed E-state index contributed by atoms with van der Waals surface area (Å²) in [4.78, 5) is 0.172. The standard InChI is InChI=1S/C9H5Cl2NOS/c10-6-2-1-5(3-7(6)11)8-4-14-9(12)13-8/h1-4,12H. The first-order valence-electron chi connectivity index (χ1n) is 3.75. The topological polar surface area (TPSA) is 37.0 Å². The molecule has 1 aromatic heterocycles. The lowest BCUT2D eigenvalue weighted by Gasteiger charge is -1.98. The molecule has 0 saturated heterocycles. The van der Waals surface area contributed by atoms with Gasteiger partial charge in [0.05, 0.1) is 10.0 Å². The first kappa shape index (κ1) is 9.77. The molecule has 2 rings (SSSR count). The smallest absolute Gasteiger partial charge is 0.271 e. The Balaban J connectivity index is 2.52. The first-order chi connectivity index (χ1) is 6.66. The third-order valence-electron chi connectivity index (χ3n) is 1.68. The molecule has 2 nitrogen and oxygen atoms in total. The van der Waals surface area contributed by atoms with Gasteiger partial charge >= 0.3 is 0 Å². The lowest BCUT2D eigenvalue weighted by molar-refractivity contribution is 0.529. The van der Waals surface area contributed by atoms with E-state index in [4.69, 9.17) is 33.0 Å². The summed E-state index contributed by atoms with van der Waals surface area (Å²) in [7, 11) is 0. The molecule has 0 fully saturated rings. The summed E-state index contributed by atoms with van der Waals surface area (Å²) in [5, 5.41) is 10.0. The lowest BCUT2D eigenvalue weighted by atomic mass is 10.2. The number of rotatable bonds is 1. The Morgan fingerprint density at radius 3 is 2.57 bits per heavy atom. The zero-order valence-electron chi connectivity index (χ0n) is 6.88. The van der Waals surface area contributed by atoms with Crippen molar-refractivity contribution >= 4 is 34.5 Å². The van der Waals surface area contributed by atoms with E-state index in [1.54, 1.807) is 23.6 Å². The average Bonchev–Trinajstić information content (AvgIpc) is 2.57. The summed E-state index contributed by atoms with van der Waals surface area (Å²) < 4.78 is 5.15. The second-order valence-electron chi connectivity index (χ2n) is 2.62. The van der Waals surface area contributed by atoms with E-state index in [1.807, 2.05) is 0 Å². The van der Waals surface area contributed by atoms with E-state index < -0.39 is 0 Å². The van der Waals surface area contributed by atoms with Crippen LogP contribution in [-0.2, 0) is 0 Å². The number of nitrogens with one attached hydrogen (secondary N) is 1. The molecular weight excluding hydrogens is 241 g/mol. The van der Waals surface area contributed by atoms with E-state index in [0.29, 0.717) is 15.8 Å². The molecule has 0 aliphatic heterocycles. The van der Waals surface area contributed by atoms with E-state index in [9.17, 15) is 0 Å². The fourth-order valence-corrected chi connectivity index (χ4v) is 1.87. The minimum absolute atomic E-state index is 0.172. The largest absolute Gasteiger partial charge is 0.430 e. The molecule has 2 aromatic rings. The van der Waals surface area contributed by atoms with Crippen LogP contribution < -0.4 is 4.87 Å². The Kier molecular flexibility index (Phi) is 2.63. The summed E-state index contributed by atoms with van der Waals surface area (Å²) in [6.07, 6.45) is 0. The molecule has 0 spiro atoms. The molecular formula is C9H5Cl2NOS. The second kappa shape index (κ2) is 3.77. The molecule has 0 unspecified atom stereocenters. The van der Waals surface area contributed by atoms with Gasteiger partial charge in [0.25, 0.3) is 4.87 Å². The third-order valence-corrected chi connectivity index (χ3v) is 3.05. The summed E-state index contributed by atoms with van der Waals surface area (Å²) in [6, 6.07) is 5.23. The molecule has 72 valence electrons. The number of hydrogen-bond acceptors (Lipinski definition) is 3. The van der Waals surface area contributed by atoms with Crippen LogP contribution in [0.25, 0.3) is 11.3 Å². The third kappa shape index (κ3) is 1.85. The predicted octanol–water partition coefficient (Wildman–Crippen LogP) is 3.79. The maximum Gasteiger partial charge on any atom is 0.271 e. The highest BCUT2D eigenvalue weighted by molar-refractivity contribution is 7.07. The van der Waals surface area contributed by atoms with Crippen LogP contribution in [0.15, 0.2) is 28.0 Å². The van der Waals surface area contributed by atoms with Crippen molar-refractivity contribution in [3.63, 3.8) is 0 Å². The molecule has 0 aliphatic carbocycles. The van der Waals surface area contributed by atoms with Crippen LogP contribution in [0.1, 0.15) is 0 Å². The average molecular weight is 246 g/mol. The maximum absolute atomic E-state index is 7.25. The normalized spacial score (nSPS) is 10.4. The van der Waals surface area contributed by atoms with Crippen LogP contribution in [0, 0.1) is 5.41 Å². The van der Waals surface area contributed by atoms with Crippen molar-refractivity contribution in [3.05, 3.63) is 38.5 Å². The maximum atomic E-state index is 7.25. The Labute approximate surface area is 94.2 Å². The van der Waals surface area contributed by atoms with Gasteiger partial charge in [-0.2, -0.15) is 0 Å². The number of hydrogen-bond donors (Lipinski definition) is 1. The van der Waals surface area contributed by atoms with Crippen LogP contribution in [-0.4, -0.2) is 0 Å². The van der Waals surface area contributed by atoms with Crippen LogP contribution in [0.3, 0.4) is 0 Å². The van der Waals surface area contributed by atoms with E-state index >= 15 is 0 Å². The van der Waals surface area contributed by atoms with Gasteiger partial charge in [-0.05, 0) is 18.2 Å². The fourth-order valence-electron chi connectivity index (χ4n) is 1.03. The summed E-state index contributed by atoms with van der Waals surface area (Å²) in [6.45, 7) is 0. The fraction of sp³-hybridized carbons (Fsp3) is 0. The van der Waals surface area contributed by atoms with E-state index in [2.05, 4.69) is 0 Å². The van der Waals surface area contributed by atoms with Crippen molar-refractivity contribution in [1.82, 2.24) is 0 Å². The van der Waals surface area contributed by atoms with Gasteiger partial charge in [0, 0.05) is 10.9 Å². The molecule has 0 bridgehead atoms. The minimum atomic E-state index is 0.172. The quantitative estimate of drug-likeness (QED) is 0.816. The monoisotopic (exact) mass is 245 g/mol. The first-order valence-corrected chi connectivity index (χ1v) is 5.39. The number of halogens is 2. The van der Waals surface area contributed by atoms with Crippen molar-refractivity contribution in [3.8, 4) is 11.3 Å². The predicted molar refractivity (Wildman–Crippen MR) is 57.9 cm³/mol. The molecule has 14 heavy (non-hydrogen) atoms. The second-order valence-corrected chi connectivity index (χ2v) is 4.27.